The molecule has 154 valence electrons. The van der Waals surface area contributed by atoms with E-state index in [1.807, 2.05) is 24.3 Å². The lowest BCUT2D eigenvalue weighted by atomic mass is 10.1. The van der Waals surface area contributed by atoms with Crippen molar-refractivity contribution in [1.29, 1.82) is 0 Å². The molecule has 0 saturated carbocycles. The molecule has 0 fully saturated rings. The second-order valence-electron chi connectivity index (χ2n) is 7.19. The minimum absolute atomic E-state index is 0.202. The molecule has 7 nitrogen and oxygen atoms in total. The fourth-order valence-electron chi connectivity index (χ4n) is 3.65. The number of benzene rings is 2. The summed E-state index contributed by atoms with van der Waals surface area (Å²) in [6, 6.07) is 14.8. The molecule has 0 atom stereocenters. The Morgan fingerprint density at radius 2 is 1.90 bits per heavy atom. The van der Waals surface area contributed by atoms with Crippen molar-refractivity contribution in [3.8, 4) is 11.3 Å². The smallest absolute Gasteiger partial charge is 0.264 e. The van der Waals surface area contributed by atoms with Gasteiger partial charge in [-0.3, -0.25) is 19.8 Å². The summed E-state index contributed by atoms with van der Waals surface area (Å²) in [6.45, 7) is 0.489. The number of amides is 1. The van der Waals surface area contributed by atoms with E-state index >= 15 is 0 Å². The molecular formula is C22H16F2N5O2+. The van der Waals surface area contributed by atoms with Gasteiger partial charge in [0.05, 0.1) is 23.1 Å². The monoisotopic (exact) mass is 420 g/mol. The van der Waals surface area contributed by atoms with Crippen LogP contribution in [0.3, 0.4) is 0 Å². The average molecular weight is 420 g/mol. The first-order valence-corrected chi connectivity index (χ1v) is 9.38. The molecule has 9 heteroatoms. The van der Waals surface area contributed by atoms with E-state index in [1.165, 1.54) is 0 Å². The van der Waals surface area contributed by atoms with Gasteiger partial charge in [0.15, 0.2) is 5.65 Å². The zero-order valence-corrected chi connectivity index (χ0v) is 16.0. The van der Waals surface area contributed by atoms with Gasteiger partial charge < -0.3 is 5.73 Å². The molecule has 31 heavy (non-hydrogen) atoms. The highest BCUT2D eigenvalue weighted by Crippen LogP contribution is 2.26. The summed E-state index contributed by atoms with van der Waals surface area (Å²) >= 11 is 0. The van der Waals surface area contributed by atoms with Crippen LogP contribution in [0.4, 0.5) is 8.78 Å². The van der Waals surface area contributed by atoms with Crippen molar-refractivity contribution in [2.24, 2.45) is 5.73 Å². The van der Waals surface area contributed by atoms with Gasteiger partial charge in [-0.05, 0) is 42.0 Å². The van der Waals surface area contributed by atoms with Gasteiger partial charge in [-0.25, -0.2) is 13.8 Å². The number of H-pyrrole nitrogens is 1. The lowest BCUT2D eigenvalue weighted by Gasteiger charge is -2.17. The van der Waals surface area contributed by atoms with Crippen LogP contribution >= 0.6 is 0 Å². The molecule has 3 heterocycles. The van der Waals surface area contributed by atoms with Gasteiger partial charge in [0.1, 0.15) is 17.2 Å². The van der Waals surface area contributed by atoms with E-state index in [9.17, 15) is 18.8 Å². The van der Waals surface area contributed by atoms with Crippen LogP contribution in [-0.2, 0) is 6.54 Å². The van der Waals surface area contributed by atoms with E-state index < -0.39 is 23.1 Å². The zero-order chi connectivity index (χ0) is 21.7. The number of fused-ring (bicyclic) bond motifs is 2. The number of carbonyl (C=O) groups excluding carboxylic acids is 1. The minimum Gasteiger partial charge on any atom is -0.365 e. The Bertz CT molecular complexity index is 1470. The van der Waals surface area contributed by atoms with Crippen molar-refractivity contribution >= 4 is 28.0 Å². The second-order valence-corrected chi connectivity index (χ2v) is 7.19. The van der Waals surface area contributed by atoms with Gasteiger partial charge in [0.25, 0.3) is 11.4 Å². The summed E-state index contributed by atoms with van der Waals surface area (Å²) in [5.41, 5.74) is 7.90. The molecular weight excluding hydrogens is 404 g/mol. The van der Waals surface area contributed by atoms with E-state index in [2.05, 4.69) is 10.1 Å². The Hall–Kier alpha value is -4.27. The maximum absolute atomic E-state index is 14.2. The van der Waals surface area contributed by atoms with Crippen molar-refractivity contribution in [2.45, 2.75) is 6.54 Å². The van der Waals surface area contributed by atoms with Gasteiger partial charge in [0, 0.05) is 22.4 Å². The number of hydrogen-bond acceptors (Lipinski definition) is 3. The molecule has 0 aliphatic carbocycles. The number of nitrogens with one attached hydrogen (secondary N) is 1. The molecule has 0 unspecified atom stereocenters. The highest BCUT2D eigenvalue weighted by molar-refractivity contribution is 5.94. The van der Waals surface area contributed by atoms with Gasteiger partial charge in [-0.2, -0.15) is 0 Å². The van der Waals surface area contributed by atoms with E-state index in [0.717, 1.165) is 33.3 Å². The van der Waals surface area contributed by atoms with Crippen LogP contribution in [0, 0.1) is 11.6 Å². The number of aromatic nitrogens is 4. The number of pyridine rings is 2. The van der Waals surface area contributed by atoms with Crippen molar-refractivity contribution in [3.05, 3.63) is 83.6 Å². The summed E-state index contributed by atoms with van der Waals surface area (Å²) in [7, 11) is 0. The van der Waals surface area contributed by atoms with Crippen LogP contribution in [-0.4, -0.2) is 25.9 Å². The van der Waals surface area contributed by atoms with Crippen molar-refractivity contribution in [1.82, 2.24) is 14.8 Å². The number of aromatic amines is 1. The number of halogens is 2. The fourth-order valence-corrected chi connectivity index (χ4v) is 3.65. The number of primary amides is 1. The normalized spacial score (nSPS) is 11.4. The van der Waals surface area contributed by atoms with Crippen molar-refractivity contribution in [2.75, 3.05) is 0 Å². The van der Waals surface area contributed by atoms with Crippen LogP contribution in [0.5, 0.6) is 0 Å². The zero-order valence-electron chi connectivity index (χ0n) is 16.0. The van der Waals surface area contributed by atoms with Crippen LogP contribution in [0.2, 0.25) is 0 Å². The number of hydrogen-bond donors (Lipinski definition) is 3. The van der Waals surface area contributed by atoms with Gasteiger partial charge in [-0.15, -0.1) is 0 Å². The molecule has 2 aromatic carbocycles. The standard InChI is InChI=1S/C22H15F2N5O2/c23-15-9-14(10-16(24)20(15)21(25)30)17-4-5-18-22(26-17)28(27-18)11-12-3-6-19-13(8-12)2-1-7-29(19)31/h1-10H,11H2,(H3-,25,27,30,31)/p+1. The summed E-state index contributed by atoms with van der Waals surface area (Å²) in [6.07, 6.45) is 1.56. The Kier molecular flexibility index (Phi) is 4.18. The predicted molar refractivity (Wildman–Crippen MR) is 108 cm³/mol. The SMILES string of the molecule is NC(=O)c1c(F)cc(-c2ccc3[nH]n(Cc4ccc5c(ccc[n+]5O)c4)c3n2)cc1F. The Morgan fingerprint density at radius 1 is 1.13 bits per heavy atom. The first-order chi connectivity index (χ1) is 14.9. The molecule has 0 spiro atoms. The molecule has 3 aromatic heterocycles. The molecule has 0 radical (unpaired) electrons. The lowest BCUT2D eigenvalue weighted by molar-refractivity contribution is -0.884. The maximum Gasteiger partial charge on any atom is 0.264 e. The molecule has 0 aliphatic rings. The Balaban J connectivity index is 1.50. The summed E-state index contributed by atoms with van der Waals surface area (Å²) in [5.74, 6) is -3.22. The number of nitrogens with two attached hydrogens (primary N) is 1. The number of rotatable bonds is 4. The van der Waals surface area contributed by atoms with Crippen molar-refractivity contribution < 1.29 is 23.5 Å². The quantitative estimate of drug-likeness (QED) is 0.308. The highest BCUT2D eigenvalue weighted by Gasteiger charge is 2.18. The average Bonchev–Trinajstić information content (AvgIpc) is 2.71. The van der Waals surface area contributed by atoms with Crippen LogP contribution in [0.15, 0.2) is 60.8 Å². The largest absolute Gasteiger partial charge is 0.365 e. The first-order valence-electron chi connectivity index (χ1n) is 9.38. The predicted octanol–water partition coefficient (Wildman–Crippen LogP) is 3.13. The summed E-state index contributed by atoms with van der Waals surface area (Å²) < 4.78 is 31.2. The molecule has 0 bridgehead atoms. The molecule has 1 amide bonds. The number of carbonyl (C=O) groups is 1. The van der Waals surface area contributed by atoms with E-state index in [4.69, 9.17) is 5.73 Å². The summed E-state index contributed by atoms with van der Waals surface area (Å²) in [5, 5.41) is 13.9. The molecule has 5 aromatic rings. The van der Waals surface area contributed by atoms with Crippen molar-refractivity contribution in [3.63, 3.8) is 0 Å². The third-order valence-electron chi connectivity index (χ3n) is 5.15. The van der Waals surface area contributed by atoms with E-state index in [1.54, 1.807) is 29.1 Å². The third-order valence-corrected chi connectivity index (χ3v) is 5.15. The first kappa shape index (κ1) is 18.7. The molecule has 0 aliphatic heterocycles. The topological polar surface area (TPSA) is 101 Å². The van der Waals surface area contributed by atoms with Crippen LogP contribution in [0.25, 0.3) is 33.3 Å². The molecule has 5 rings (SSSR count). The Labute approximate surface area is 173 Å². The van der Waals surface area contributed by atoms with Gasteiger partial charge in [-0.1, -0.05) is 6.07 Å². The van der Waals surface area contributed by atoms with E-state index in [0.29, 0.717) is 23.4 Å². The van der Waals surface area contributed by atoms with Crippen LogP contribution < -0.4 is 10.5 Å². The molecule has 0 saturated heterocycles. The maximum atomic E-state index is 14.2. The second kappa shape index (κ2) is 6.91. The summed E-state index contributed by atoms with van der Waals surface area (Å²) in [4.78, 5) is 15.7. The minimum atomic E-state index is -1.16. The third kappa shape index (κ3) is 3.16. The molecule has 4 N–H and O–H groups in total. The fraction of sp³-hybridized carbons (Fsp3) is 0.0455. The Morgan fingerprint density at radius 3 is 2.65 bits per heavy atom. The van der Waals surface area contributed by atoms with E-state index in [-0.39, 0.29) is 5.56 Å². The lowest BCUT2D eigenvalue weighted by Crippen LogP contribution is -2.29. The highest BCUT2D eigenvalue weighted by atomic mass is 19.1. The number of nitrogens with zero attached hydrogens (tertiary/aromatic N) is 3. The van der Waals surface area contributed by atoms with Gasteiger partial charge in [0.2, 0.25) is 6.20 Å². The van der Waals surface area contributed by atoms with Crippen LogP contribution in [0.1, 0.15) is 15.9 Å². The van der Waals surface area contributed by atoms with Gasteiger partial charge >= 0.3 is 0 Å².